The number of anilines is 1. The SMILES string of the molecule is Cc1ccc(S(=O)(=O)Oc2ccc(C(=O)COC(=O)c3ccccc3N3C(=O)c4ccc(Br)cc4C3=O)cc2)cc1. The lowest BCUT2D eigenvalue weighted by Crippen LogP contribution is -2.31. The van der Waals surface area contributed by atoms with Crippen molar-refractivity contribution in [1.82, 2.24) is 0 Å². The average Bonchev–Trinajstić information content (AvgIpc) is 3.20. The van der Waals surface area contributed by atoms with Gasteiger partial charge < -0.3 is 8.92 Å². The first-order valence-electron chi connectivity index (χ1n) is 12.1. The molecule has 5 rings (SSSR count). The summed E-state index contributed by atoms with van der Waals surface area (Å²) in [6, 6.07) is 22.1. The summed E-state index contributed by atoms with van der Waals surface area (Å²) in [6.45, 7) is 1.20. The number of aryl methyl sites for hydroxylation is 1. The number of hydrogen-bond acceptors (Lipinski definition) is 8. The van der Waals surface area contributed by atoms with Crippen LogP contribution in [0.2, 0.25) is 0 Å². The standard InChI is InChI=1S/C30H20BrNO8S/c1-18-6-13-22(14-7-18)41(37,38)40-21-11-8-19(9-12-21)27(33)17-39-30(36)24-4-2-3-5-26(24)32-28(34)23-15-10-20(31)16-25(23)29(32)35/h2-16H,17H2,1H3. The Balaban J connectivity index is 1.26. The lowest BCUT2D eigenvalue weighted by atomic mass is 10.1. The summed E-state index contributed by atoms with van der Waals surface area (Å²) >= 11 is 3.29. The van der Waals surface area contributed by atoms with Crippen molar-refractivity contribution in [3.63, 3.8) is 0 Å². The summed E-state index contributed by atoms with van der Waals surface area (Å²) in [7, 11) is -4.06. The van der Waals surface area contributed by atoms with Gasteiger partial charge in [-0.2, -0.15) is 8.42 Å². The predicted octanol–water partition coefficient (Wildman–Crippen LogP) is 5.37. The Morgan fingerprint density at radius 1 is 0.829 bits per heavy atom. The molecule has 0 spiro atoms. The molecule has 0 atom stereocenters. The van der Waals surface area contributed by atoms with Gasteiger partial charge in [0.15, 0.2) is 12.4 Å². The van der Waals surface area contributed by atoms with Gasteiger partial charge in [-0.05, 0) is 73.7 Å². The molecule has 0 unspecified atom stereocenters. The largest absolute Gasteiger partial charge is 0.454 e. The van der Waals surface area contributed by atoms with Gasteiger partial charge in [0, 0.05) is 10.0 Å². The van der Waals surface area contributed by atoms with Gasteiger partial charge >= 0.3 is 16.1 Å². The van der Waals surface area contributed by atoms with E-state index in [9.17, 15) is 27.6 Å². The van der Waals surface area contributed by atoms with Gasteiger partial charge in [0.05, 0.1) is 22.4 Å². The van der Waals surface area contributed by atoms with Crippen molar-refractivity contribution in [2.45, 2.75) is 11.8 Å². The second kappa shape index (κ2) is 11.1. The van der Waals surface area contributed by atoms with E-state index in [1.165, 1.54) is 60.7 Å². The third-order valence-electron chi connectivity index (χ3n) is 6.24. The highest BCUT2D eigenvalue weighted by Crippen LogP contribution is 2.32. The maximum atomic E-state index is 13.0. The molecule has 0 fully saturated rings. The van der Waals surface area contributed by atoms with Crippen LogP contribution >= 0.6 is 15.9 Å². The summed E-state index contributed by atoms with van der Waals surface area (Å²) in [6.07, 6.45) is 0. The maximum absolute atomic E-state index is 13.0. The number of para-hydroxylation sites is 1. The first kappa shape index (κ1) is 27.9. The monoisotopic (exact) mass is 633 g/mol. The summed E-state index contributed by atoms with van der Waals surface area (Å²) < 4.78 is 36.0. The minimum absolute atomic E-state index is 0.000945. The molecule has 9 nitrogen and oxygen atoms in total. The molecule has 1 heterocycles. The fraction of sp³-hybridized carbons (Fsp3) is 0.0667. The van der Waals surface area contributed by atoms with Gasteiger partial charge in [-0.25, -0.2) is 9.69 Å². The minimum atomic E-state index is -4.06. The molecule has 4 aromatic rings. The van der Waals surface area contributed by atoms with Crippen LogP contribution in [-0.4, -0.2) is 38.6 Å². The van der Waals surface area contributed by atoms with Crippen LogP contribution < -0.4 is 9.08 Å². The molecule has 0 saturated heterocycles. The van der Waals surface area contributed by atoms with Crippen LogP contribution in [0.5, 0.6) is 5.75 Å². The fourth-order valence-electron chi connectivity index (χ4n) is 4.14. The van der Waals surface area contributed by atoms with Gasteiger partial charge in [0.2, 0.25) is 0 Å². The molecule has 2 amide bonds. The van der Waals surface area contributed by atoms with E-state index in [0.717, 1.165) is 10.5 Å². The quantitative estimate of drug-likeness (QED) is 0.110. The van der Waals surface area contributed by atoms with Crippen molar-refractivity contribution < 1.29 is 36.5 Å². The summed E-state index contributed by atoms with van der Waals surface area (Å²) in [5.41, 5.74) is 1.41. The Hall–Kier alpha value is -4.61. The molecule has 1 aliphatic rings. The fourth-order valence-corrected chi connectivity index (χ4v) is 5.43. The Kier molecular flexibility index (Phi) is 7.57. The van der Waals surface area contributed by atoms with E-state index in [1.807, 2.05) is 6.92 Å². The lowest BCUT2D eigenvalue weighted by Gasteiger charge is -2.17. The minimum Gasteiger partial charge on any atom is -0.454 e. The third-order valence-corrected chi connectivity index (χ3v) is 7.99. The van der Waals surface area contributed by atoms with Crippen LogP contribution in [-0.2, 0) is 14.9 Å². The number of fused-ring (bicyclic) bond motifs is 1. The number of hydrogen-bond donors (Lipinski definition) is 0. The summed E-state index contributed by atoms with van der Waals surface area (Å²) in [5.74, 6) is -2.64. The van der Waals surface area contributed by atoms with E-state index in [-0.39, 0.29) is 38.6 Å². The lowest BCUT2D eigenvalue weighted by molar-refractivity contribution is 0.0475. The molecule has 0 saturated carbocycles. The molecule has 11 heteroatoms. The van der Waals surface area contributed by atoms with Gasteiger partial charge in [-0.15, -0.1) is 0 Å². The number of halogens is 1. The Labute approximate surface area is 243 Å². The van der Waals surface area contributed by atoms with E-state index in [1.54, 1.807) is 30.3 Å². The number of carbonyl (C=O) groups is 4. The molecular weight excluding hydrogens is 614 g/mol. The molecule has 1 aliphatic heterocycles. The highest BCUT2D eigenvalue weighted by Gasteiger charge is 2.38. The van der Waals surface area contributed by atoms with Gasteiger partial charge in [0.25, 0.3) is 11.8 Å². The molecule has 0 aromatic heterocycles. The number of Topliss-reactive ketones (excluding diaryl/α,β-unsaturated/α-hetero) is 1. The molecule has 4 aromatic carbocycles. The molecule has 0 aliphatic carbocycles. The van der Waals surface area contributed by atoms with Crippen molar-refractivity contribution >= 4 is 55.3 Å². The second-order valence-corrected chi connectivity index (χ2v) is 11.5. The highest BCUT2D eigenvalue weighted by atomic mass is 79.9. The van der Waals surface area contributed by atoms with Crippen molar-refractivity contribution in [3.05, 3.63) is 123 Å². The van der Waals surface area contributed by atoms with E-state index in [4.69, 9.17) is 8.92 Å². The first-order chi connectivity index (χ1) is 19.5. The average molecular weight is 634 g/mol. The van der Waals surface area contributed by atoms with Crippen molar-refractivity contribution in [3.8, 4) is 5.75 Å². The molecule has 0 radical (unpaired) electrons. The molecular formula is C30H20BrNO8S. The number of carbonyl (C=O) groups excluding carboxylic acids is 4. The van der Waals surface area contributed by atoms with Gasteiger partial charge in [-0.1, -0.05) is 45.8 Å². The normalized spacial score (nSPS) is 12.7. The Morgan fingerprint density at radius 2 is 1.49 bits per heavy atom. The van der Waals surface area contributed by atoms with Crippen LogP contribution in [0.1, 0.15) is 47.0 Å². The van der Waals surface area contributed by atoms with E-state index in [2.05, 4.69) is 15.9 Å². The number of benzene rings is 4. The zero-order valence-corrected chi connectivity index (χ0v) is 23.8. The smallest absolute Gasteiger partial charge is 0.340 e. The molecule has 41 heavy (non-hydrogen) atoms. The van der Waals surface area contributed by atoms with Gasteiger partial charge in [0.1, 0.15) is 10.6 Å². The molecule has 206 valence electrons. The van der Waals surface area contributed by atoms with Gasteiger partial charge in [-0.3, -0.25) is 14.4 Å². The van der Waals surface area contributed by atoms with Crippen LogP contribution in [0, 0.1) is 6.92 Å². The predicted molar refractivity (Wildman–Crippen MR) is 152 cm³/mol. The van der Waals surface area contributed by atoms with E-state index < -0.39 is 40.3 Å². The van der Waals surface area contributed by atoms with Crippen LogP contribution in [0.25, 0.3) is 0 Å². The number of ketones is 1. The highest BCUT2D eigenvalue weighted by molar-refractivity contribution is 9.10. The van der Waals surface area contributed by atoms with Crippen LogP contribution in [0.15, 0.2) is 100 Å². The van der Waals surface area contributed by atoms with Crippen LogP contribution in [0.3, 0.4) is 0 Å². The third kappa shape index (κ3) is 5.67. The number of amides is 2. The number of rotatable bonds is 8. The van der Waals surface area contributed by atoms with Crippen molar-refractivity contribution in [2.24, 2.45) is 0 Å². The number of esters is 1. The molecule has 0 N–H and O–H groups in total. The van der Waals surface area contributed by atoms with Crippen molar-refractivity contribution in [2.75, 3.05) is 11.5 Å². The zero-order valence-electron chi connectivity index (χ0n) is 21.4. The topological polar surface area (TPSA) is 124 Å². The van der Waals surface area contributed by atoms with E-state index >= 15 is 0 Å². The summed E-state index contributed by atoms with van der Waals surface area (Å²) in [4.78, 5) is 52.5. The van der Waals surface area contributed by atoms with E-state index in [0.29, 0.717) is 4.47 Å². The maximum Gasteiger partial charge on any atom is 0.340 e. The Bertz CT molecular complexity index is 1820. The Morgan fingerprint density at radius 3 is 2.20 bits per heavy atom. The zero-order chi connectivity index (χ0) is 29.3. The molecule has 0 bridgehead atoms. The van der Waals surface area contributed by atoms with Crippen LogP contribution in [0.4, 0.5) is 5.69 Å². The van der Waals surface area contributed by atoms with Crippen molar-refractivity contribution in [1.29, 1.82) is 0 Å². The summed E-state index contributed by atoms with van der Waals surface area (Å²) in [5, 5.41) is 0. The second-order valence-electron chi connectivity index (χ2n) is 9.03. The first-order valence-corrected chi connectivity index (χ1v) is 14.3. The number of ether oxygens (including phenoxy) is 1. The number of imide groups is 1. The number of nitrogens with zero attached hydrogens (tertiary/aromatic N) is 1.